The van der Waals surface area contributed by atoms with E-state index in [1.165, 1.54) is 21.6 Å². The number of fused-ring (bicyclic) bond motifs is 1. The maximum absolute atomic E-state index is 5.20. The highest BCUT2D eigenvalue weighted by Gasteiger charge is 2.20. The summed E-state index contributed by atoms with van der Waals surface area (Å²) in [5.41, 5.74) is 14.5. The average molecular weight is 854 g/mol. The van der Waals surface area contributed by atoms with Crippen LogP contribution in [0, 0.1) is 20.8 Å². The van der Waals surface area contributed by atoms with Crippen molar-refractivity contribution in [3.05, 3.63) is 215 Å². The van der Waals surface area contributed by atoms with Crippen LogP contribution in [-0.4, -0.2) is 24.5 Å². The molecule has 0 amide bonds. The fraction of sp³-hybridized carbons (Fsp3) is 0.0714. The van der Waals surface area contributed by atoms with Crippen LogP contribution in [0.5, 0.6) is 0 Å². The van der Waals surface area contributed by atoms with Gasteiger partial charge in [-0.1, -0.05) is 142 Å². The second kappa shape index (κ2) is 18.7. The molecule has 4 heterocycles. The summed E-state index contributed by atoms with van der Waals surface area (Å²) < 4.78 is 3.39. The molecule has 0 aliphatic heterocycles. The topological polar surface area (TPSA) is 56.5 Å². The van der Waals surface area contributed by atoms with E-state index >= 15 is 0 Å². The molecule has 0 N–H and O–H groups in total. The Bertz CT molecular complexity index is 3110. The summed E-state index contributed by atoms with van der Waals surface area (Å²) in [5, 5.41) is 0.924. The van der Waals surface area contributed by atoms with Gasteiger partial charge in [-0.25, -0.2) is 19.9 Å². The molecule has 0 aliphatic carbocycles. The van der Waals surface area contributed by atoms with Crippen molar-refractivity contribution >= 4 is 62.8 Å². The van der Waals surface area contributed by atoms with Crippen LogP contribution >= 0.6 is 22.7 Å². The van der Waals surface area contributed by atoms with E-state index in [-0.39, 0.29) is 0 Å². The Morgan fingerprint density at radius 1 is 0.603 bits per heavy atom. The van der Waals surface area contributed by atoms with Gasteiger partial charge in [0, 0.05) is 49.1 Å². The molecule has 0 radical (unpaired) electrons. The van der Waals surface area contributed by atoms with Crippen LogP contribution in [-0.2, 0) is 0 Å². The molecule has 0 fully saturated rings. The van der Waals surface area contributed by atoms with Gasteiger partial charge in [-0.2, -0.15) is 0 Å². The molecule has 63 heavy (non-hydrogen) atoms. The average Bonchev–Trinajstić information content (AvgIpc) is 3.97. The predicted octanol–water partition coefficient (Wildman–Crippen LogP) is 15.6. The second-order valence-corrected chi connectivity index (χ2v) is 17.0. The number of benzene rings is 4. The van der Waals surface area contributed by atoms with Crippen molar-refractivity contribution in [3.63, 3.8) is 0 Å². The van der Waals surface area contributed by atoms with E-state index in [1.54, 1.807) is 28.7 Å². The Kier molecular flexibility index (Phi) is 12.6. The van der Waals surface area contributed by atoms with Crippen LogP contribution in [0.2, 0.25) is 0 Å². The molecule has 0 bridgehead atoms. The molecular weight excluding hydrogens is 807 g/mol. The predicted molar refractivity (Wildman–Crippen MR) is 273 cm³/mol. The monoisotopic (exact) mass is 853 g/mol. The number of aromatic nitrogens is 5. The van der Waals surface area contributed by atoms with E-state index in [2.05, 4.69) is 131 Å². The molecule has 4 aromatic heterocycles. The van der Waals surface area contributed by atoms with Crippen molar-refractivity contribution in [2.75, 3.05) is 0 Å². The van der Waals surface area contributed by atoms with Gasteiger partial charge in [0.25, 0.3) is 0 Å². The van der Waals surface area contributed by atoms with Gasteiger partial charge in [-0.3, -0.25) is 0 Å². The molecule has 0 aliphatic rings. The van der Waals surface area contributed by atoms with E-state index in [0.29, 0.717) is 17.5 Å². The van der Waals surface area contributed by atoms with Gasteiger partial charge in [0.15, 0.2) is 17.5 Å². The SMILES string of the molecule is C=C/C=C\c1sc(/C(=C\C)C(=C)/C=C\c2c(C)c(C)c(/C=C\C=C)n2-c2cccc(-c3nc4cc(-c5nc(-c6ccccc6)nc(-c6ccccc6)n5)ccc4s3)c2)c(C=C)c1C. The quantitative estimate of drug-likeness (QED) is 0.102. The fourth-order valence-corrected chi connectivity index (χ4v) is 9.91. The van der Waals surface area contributed by atoms with E-state index < -0.39 is 0 Å². The number of allylic oxidation sites excluding steroid dienone is 8. The third-order valence-electron chi connectivity index (χ3n) is 11.0. The Morgan fingerprint density at radius 2 is 1.21 bits per heavy atom. The number of nitrogens with zero attached hydrogens (tertiary/aromatic N) is 5. The van der Waals surface area contributed by atoms with E-state index in [9.17, 15) is 0 Å². The zero-order valence-electron chi connectivity index (χ0n) is 36.0. The molecule has 0 unspecified atom stereocenters. The lowest BCUT2D eigenvalue weighted by Crippen LogP contribution is -2.00. The zero-order valence-corrected chi connectivity index (χ0v) is 37.6. The summed E-state index contributed by atoms with van der Waals surface area (Å²) in [7, 11) is 0. The number of thiophene rings is 1. The van der Waals surface area contributed by atoms with Crippen LogP contribution in [0.1, 0.15) is 50.3 Å². The van der Waals surface area contributed by atoms with Crippen molar-refractivity contribution in [2.24, 2.45) is 0 Å². The lowest BCUT2D eigenvalue weighted by molar-refractivity contribution is 1.04. The number of rotatable bonds is 14. The summed E-state index contributed by atoms with van der Waals surface area (Å²) in [6.45, 7) is 25.1. The molecule has 0 saturated carbocycles. The highest BCUT2D eigenvalue weighted by Crippen LogP contribution is 2.40. The van der Waals surface area contributed by atoms with Gasteiger partial charge < -0.3 is 4.57 Å². The maximum Gasteiger partial charge on any atom is 0.164 e. The molecular formula is C56H47N5S2. The largest absolute Gasteiger partial charge is 0.310 e. The van der Waals surface area contributed by atoms with Crippen LogP contribution in [0.15, 0.2) is 171 Å². The Morgan fingerprint density at radius 3 is 1.83 bits per heavy atom. The van der Waals surface area contributed by atoms with E-state index in [1.807, 2.05) is 85.0 Å². The molecule has 4 aromatic carbocycles. The molecule has 8 rings (SSSR count). The Labute approximate surface area is 378 Å². The van der Waals surface area contributed by atoms with Crippen molar-refractivity contribution in [1.29, 1.82) is 0 Å². The van der Waals surface area contributed by atoms with Crippen LogP contribution in [0.25, 0.3) is 90.5 Å². The summed E-state index contributed by atoms with van der Waals surface area (Å²) >= 11 is 3.41. The number of thiazole rings is 1. The van der Waals surface area contributed by atoms with Crippen molar-refractivity contribution in [3.8, 4) is 50.4 Å². The fourth-order valence-electron chi connectivity index (χ4n) is 7.63. The van der Waals surface area contributed by atoms with Crippen molar-refractivity contribution in [1.82, 2.24) is 24.5 Å². The Balaban J connectivity index is 1.16. The van der Waals surface area contributed by atoms with E-state index in [0.717, 1.165) is 76.1 Å². The molecule has 0 saturated heterocycles. The van der Waals surface area contributed by atoms with Gasteiger partial charge in [-0.15, -0.1) is 22.7 Å². The first-order valence-corrected chi connectivity index (χ1v) is 22.3. The van der Waals surface area contributed by atoms with Crippen molar-refractivity contribution in [2.45, 2.75) is 27.7 Å². The molecule has 0 spiro atoms. The minimum atomic E-state index is 0.599. The first kappa shape index (κ1) is 42.4. The number of hydrogen-bond acceptors (Lipinski definition) is 6. The second-order valence-electron chi connectivity index (χ2n) is 14.9. The highest BCUT2D eigenvalue weighted by atomic mass is 32.1. The molecule has 7 heteroatoms. The molecule has 8 aromatic rings. The summed E-state index contributed by atoms with van der Waals surface area (Å²) in [6.07, 6.45) is 20.2. The van der Waals surface area contributed by atoms with Gasteiger partial charge in [-0.05, 0) is 110 Å². The zero-order chi connectivity index (χ0) is 44.0. The summed E-state index contributed by atoms with van der Waals surface area (Å²) in [6, 6.07) is 34.9. The van der Waals surface area contributed by atoms with Gasteiger partial charge in [0.2, 0.25) is 0 Å². The molecule has 308 valence electrons. The van der Waals surface area contributed by atoms with Crippen molar-refractivity contribution < 1.29 is 0 Å². The third-order valence-corrected chi connectivity index (χ3v) is 13.4. The van der Waals surface area contributed by atoms with E-state index in [4.69, 9.17) is 19.9 Å². The van der Waals surface area contributed by atoms with Crippen LogP contribution in [0.4, 0.5) is 0 Å². The first-order valence-electron chi connectivity index (χ1n) is 20.7. The molecule has 0 atom stereocenters. The van der Waals surface area contributed by atoms with Crippen LogP contribution < -0.4 is 0 Å². The summed E-state index contributed by atoms with van der Waals surface area (Å²) in [5.74, 6) is 1.85. The third kappa shape index (κ3) is 8.62. The smallest absolute Gasteiger partial charge is 0.164 e. The maximum atomic E-state index is 5.20. The summed E-state index contributed by atoms with van der Waals surface area (Å²) in [4.78, 5) is 22.3. The number of hydrogen-bond donors (Lipinski definition) is 0. The highest BCUT2D eigenvalue weighted by molar-refractivity contribution is 7.21. The lowest BCUT2D eigenvalue weighted by atomic mass is 9.99. The molecule has 5 nitrogen and oxygen atoms in total. The van der Waals surface area contributed by atoms with Gasteiger partial charge in [0.05, 0.1) is 10.2 Å². The van der Waals surface area contributed by atoms with Gasteiger partial charge >= 0.3 is 0 Å². The normalized spacial score (nSPS) is 12.0. The van der Waals surface area contributed by atoms with Crippen LogP contribution in [0.3, 0.4) is 0 Å². The standard InChI is InChI=1S/C56H47N5S2/c1-9-13-28-48-37(6)38(7)49(32-30-36(5)45(11-3)52-46(12-4)39(8)50(62-52)29-14-10-2)61(48)44-27-21-26-43(34-44)56-57-47-35-42(31-33-51(47)63-56)55-59-53(40-22-17-15-18-23-40)58-54(60-55)41-24-19-16-20-25-41/h9-35H,1-2,4-5H2,3,6-8H3/b28-13-,29-14-,32-30-,45-11-. The lowest BCUT2D eigenvalue weighted by Gasteiger charge is -2.13. The minimum Gasteiger partial charge on any atom is -0.310 e. The first-order chi connectivity index (χ1) is 30.7. The minimum absolute atomic E-state index is 0.599. The Hall–Kier alpha value is -7.32. The van der Waals surface area contributed by atoms with Gasteiger partial charge in [0.1, 0.15) is 5.01 Å².